The summed E-state index contributed by atoms with van der Waals surface area (Å²) in [5, 5.41) is 18.6. The average molecular weight is 252 g/mol. The van der Waals surface area contributed by atoms with E-state index in [9.17, 15) is 10.2 Å². The summed E-state index contributed by atoms with van der Waals surface area (Å²) in [6, 6.07) is 8.10. The summed E-state index contributed by atoms with van der Waals surface area (Å²) in [5.41, 5.74) is 13.2. The lowest BCUT2D eigenvalue weighted by Gasteiger charge is -2.17. The van der Waals surface area contributed by atoms with Crippen LogP contribution in [0.2, 0.25) is 0 Å². The Labute approximate surface area is 109 Å². The van der Waals surface area contributed by atoms with Crippen LogP contribution >= 0.6 is 0 Å². The summed E-state index contributed by atoms with van der Waals surface area (Å²) >= 11 is 0. The van der Waals surface area contributed by atoms with Gasteiger partial charge in [-0.25, -0.2) is 0 Å². The van der Waals surface area contributed by atoms with Crippen molar-refractivity contribution in [3.63, 3.8) is 0 Å². The lowest BCUT2D eigenvalue weighted by atomic mass is 9.94. The van der Waals surface area contributed by atoms with Gasteiger partial charge in [0.05, 0.1) is 0 Å². The van der Waals surface area contributed by atoms with E-state index in [0.717, 1.165) is 24.0 Å². The van der Waals surface area contributed by atoms with Crippen molar-refractivity contribution in [1.82, 2.24) is 0 Å². The second kappa shape index (κ2) is 6.85. The SMILES string of the molecule is C[C@H](Cc1cccc(C[C@H](C)[C@@H](N)O)c1)[C@H](N)O. The third-order valence-corrected chi connectivity index (χ3v) is 3.27. The van der Waals surface area contributed by atoms with Crippen LogP contribution in [0.15, 0.2) is 24.3 Å². The molecule has 0 saturated carbocycles. The molecule has 18 heavy (non-hydrogen) atoms. The maximum atomic E-state index is 9.30. The minimum absolute atomic E-state index is 0.0257. The molecule has 0 radical (unpaired) electrons. The first kappa shape index (κ1) is 15.1. The van der Waals surface area contributed by atoms with Crippen LogP contribution in [0, 0.1) is 11.8 Å². The van der Waals surface area contributed by atoms with Gasteiger partial charge in [0.1, 0.15) is 12.5 Å². The molecule has 0 saturated heterocycles. The number of aliphatic hydroxyl groups excluding tert-OH is 2. The first-order valence-corrected chi connectivity index (χ1v) is 6.35. The van der Waals surface area contributed by atoms with Gasteiger partial charge in [0.15, 0.2) is 0 Å². The molecule has 0 aliphatic carbocycles. The van der Waals surface area contributed by atoms with Crippen molar-refractivity contribution < 1.29 is 10.2 Å². The quantitative estimate of drug-likeness (QED) is 0.558. The van der Waals surface area contributed by atoms with Gasteiger partial charge in [-0.2, -0.15) is 0 Å². The molecular weight excluding hydrogens is 228 g/mol. The topological polar surface area (TPSA) is 92.5 Å². The monoisotopic (exact) mass is 252 g/mol. The van der Waals surface area contributed by atoms with Crippen LogP contribution < -0.4 is 11.5 Å². The number of nitrogens with two attached hydrogens (primary N) is 2. The molecule has 0 aromatic heterocycles. The summed E-state index contributed by atoms with van der Waals surface area (Å²) in [7, 11) is 0. The Balaban J connectivity index is 2.67. The van der Waals surface area contributed by atoms with E-state index < -0.39 is 12.5 Å². The lowest BCUT2D eigenvalue weighted by Crippen LogP contribution is -2.29. The molecule has 0 spiro atoms. The van der Waals surface area contributed by atoms with E-state index >= 15 is 0 Å². The van der Waals surface area contributed by atoms with Crippen molar-refractivity contribution in [3.05, 3.63) is 35.4 Å². The van der Waals surface area contributed by atoms with E-state index in [4.69, 9.17) is 11.5 Å². The van der Waals surface area contributed by atoms with Crippen LogP contribution in [-0.2, 0) is 12.8 Å². The van der Waals surface area contributed by atoms with E-state index in [1.165, 1.54) is 0 Å². The molecule has 0 unspecified atom stereocenters. The highest BCUT2D eigenvalue weighted by Gasteiger charge is 2.12. The third-order valence-electron chi connectivity index (χ3n) is 3.27. The van der Waals surface area contributed by atoms with E-state index in [2.05, 4.69) is 6.07 Å². The van der Waals surface area contributed by atoms with Crippen LogP contribution in [0.5, 0.6) is 0 Å². The van der Waals surface area contributed by atoms with Crippen molar-refractivity contribution in [1.29, 1.82) is 0 Å². The molecule has 4 atom stereocenters. The molecular formula is C14H24N2O2. The summed E-state index contributed by atoms with van der Waals surface area (Å²) in [4.78, 5) is 0. The van der Waals surface area contributed by atoms with Gasteiger partial charge in [0.2, 0.25) is 0 Å². The molecule has 0 amide bonds. The van der Waals surface area contributed by atoms with Gasteiger partial charge in [0.25, 0.3) is 0 Å². The van der Waals surface area contributed by atoms with Crippen LogP contribution in [0.3, 0.4) is 0 Å². The zero-order valence-corrected chi connectivity index (χ0v) is 11.1. The Kier molecular flexibility index (Phi) is 5.75. The predicted molar refractivity (Wildman–Crippen MR) is 72.6 cm³/mol. The fourth-order valence-electron chi connectivity index (χ4n) is 1.87. The lowest BCUT2D eigenvalue weighted by molar-refractivity contribution is 0.123. The van der Waals surface area contributed by atoms with Crippen molar-refractivity contribution in [3.8, 4) is 0 Å². The Bertz CT molecular complexity index is 335. The Morgan fingerprint density at radius 2 is 1.33 bits per heavy atom. The highest BCUT2D eigenvalue weighted by Crippen LogP contribution is 2.15. The largest absolute Gasteiger partial charge is 0.379 e. The molecule has 1 rings (SSSR count). The predicted octanol–water partition coefficient (Wildman–Crippen LogP) is 0.598. The fourth-order valence-corrected chi connectivity index (χ4v) is 1.87. The molecule has 0 fully saturated rings. The second-order valence-electron chi connectivity index (χ2n) is 5.16. The van der Waals surface area contributed by atoms with Crippen molar-refractivity contribution >= 4 is 0 Å². The molecule has 0 bridgehead atoms. The van der Waals surface area contributed by atoms with Gasteiger partial charge >= 0.3 is 0 Å². The Hall–Kier alpha value is -0.940. The molecule has 1 aromatic rings. The Morgan fingerprint density at radius 3 is 1.67 bits per heavy atom. The summed E-state index contributed by atoms with van der Waals surface area (Å²) < 4.78 is 0. The summed E-state index contributed by atoms with van der Waals surface area (Å²) in [6.07, 6.45) is -0.104. The molecule has 1 aromatic carbocycles. The molecule has 0 heterocycles. The first-order chi connectivity index (χ1) is 8.40. The molecule has 4 heteroatoms. The normalized spacial score (nSPS) is 18.1. The van der Waals surface area contributed by atoms with E-state index in [1.807, 2.05) is 32.0 Å². The van der Waals surface area contributed by atoms with Gasteiger partial charge in [-0.15, -0.1) is 0 Å². The highest BCUT2D eigenvalue weighted by molar-refractivity contribution is 5.24. The Morgan fingerprint density at radius 1 is 0.944 bits per heavy atom. The van der Waals surface area contributed by atoms with Gasteiger partial charge in [0, 0.05) is 0 Å². The minimum Gasteiger partial charge on any atom is -0.379 e. The molecule has 0 aliphatic heterocycles. The average Bonchev–Trinajstić information content (AvgIpc) is 2.29. The smallest absolute Gasteiger partial charge is 0.105 e. The molecule has 102 valence electrons. The van der Waals surface area contributed by atoms with Crippen molar-refractivity contribution in [2.75, 3.05) is 0 Å². The maximum absolute atomic E-state index is 9.30. The van der Waals surface area contributed by atoms with Gasteiger partial charge in [-0.1, -0.05) is 38.1 Å². The van der Waals surface area contributed by atoms with Crippen LogP contribution in [-0.4, -0.2) is 22.7 Å². The first-order valence-electron chi connectivity index (χ1n) is 6.35. The van der Waals surface area contributed by atoms with Gasteiger partial charge < -0.3 is 21.7 Å². The molecule has 4 nitrogen and oxygen atoms in total. The summed E-state index contributed by atoms with van der Waals surface area (Å²) in [5.74, 6) is 0.0514. The number of aliphatic hydroxyl groups is 2. The van der Waals surface area contributed by atoms with E-state index in [-0.39, 0.29) is 11.8 Å². The number of benzene rings is 1. The van der Waals surface area contributed by atoms with Gasteiger partial charge in [-0.3, -0.25) is 0 Å². The minimum atomic E-state index is -0.793. The van der Waals surface area contributed by atoms with Crippen molar-refractivity contribution in [2.45, 2.75) is 39.1 Å². The zero-order chi connectivity index (χ0) is 13.7. The summed E-state index contributed by atoms with van der Waals surface area (Å²) in [6.45, 7) is 3.84. The van der Waals surface area contributed by atoms with Crippen molar-refractivity contribution in [2.24, 2.45) is 23.3 Å². The van der Waals surface area contributed by atoms with Crippen LogP contribution in [0.25, 0.3) is 0 Å². The highest BCUT2D eigenvalue weighted by atomic mass is 16.3. The fraction of sp³-hybridized carbons (Fsp3) is 0.571. The molecule has 0 aliphatic rings. The number of hydrogen-bond donors (Lipinski definition) is 4. The van der Waals surface area contributed by atoms with Gasteiger partial charge in [-0.05, 0) is 35.8 Å². The standard InChI is InChI=1S/C14H24N2O2/c1-9(13(15)17)6-11-4-3-5-12(8-11)7-10(2)14(16)18/h3-5,8-10,13-14,17-18H,6-7,15-16H2,1-2H3/t9-,10+,13-,14+. The maximum Gasteiger partial charge on any atom is 0.105 e. The number of hydrogen-bond acceptors (Lipinski definition) is 4. The second-order valence-corrected chi connectivity index (χ2v) is 5.16. The number of rotatable bonds is 6. The third kappa shape index (κ3) is 4.74. The molecule has 6 N–H and O–H groups in total. The van der Waals surface area contributed by atoms with Crippen LogP contribution in [0.4, 0.5) is 0 Å². The van der Waals surface area contributed by atoms with E-state index in [1.54, 1.807) is 0 Å². The zero-order valence-electron chi connectivity index (χ0n) is 11.1. The van der Waals surface area contributed by atoms with E-state index in [0.29, 0.717) is 0 Å². The van der Waals surface area contributed by atoms with Crippen LogP contribution in [0.1, 0.15) is 25.0 Å².